The van der Waals surface area contributed by atoms with Crippen molar-refractivity contribution in [3.8, 4) is 0 Å². The van der Waals surface area contributed by atoms with E-state index in [-0.39, 0.29) is 30.5 Å². The molecule has 8 heteroatoms. The molecule has 3 heterocycles. The first-order valence-electron chi connectivity index (χ1n) is 9.55. The molecule has 8 nitrogen and oxygen atoms in total. The summed E-state index contributed by atoms with van der Waals surface area (Å²) in [5.41, 5.74) is 1.10. The number of likely N-dealkylation sites (tertiary alicyclic amines) is 1. The highest BCUT2D eigenvalue weighted by Gasteiger charge is 2.41. The molecule has 0 bridgehead atoms. The zero-order chi connectivity index (χ0) is 19.5. The molecule has 28 heavy (non-hydrogen) atoms. The Morgan fingerprint density at radius 2 is 2.07 bits per heavy atom. The molecule has 0 saturated carbocycles. The Bertz CT molecular complexity index is 837. The summed E-state index contributed by atoms with van der Waals surface area (Å²) in [6, 6.07) is 11.7. The van der Waals surface area contributed by atoms with Crippen LogP contribution in [0, 0.1) is 0 Å². The van der Waals surface area contributed by atoms with Crippen LogP contribution in [0.2, 0.25) is 0 Å². The average Bonchev–Trinajstić information content (AvgIpc) is 3.22. The second-order valence-corrected chi connectivity index (χ2v) is 7.35. The Labute approximate surface area is 164 Å². The zero-order valence-electron chi connectivity index (χ0n) is 16.0. The molecule has 0 unspecified atom stereocenters. The first kappa shape index (κ1) is 18.6. The number of hydrogen-bond donors (Lipinski definition) is 1. The third kappa shape index (κ3) is 4.23. The Morgan fingerprint density at radius 1 is 1.25 bits per heavy atom. The molecule has 0 aliphatic carbocycles. The summed E-state index contributed by atoms with van der Waals surface area (Å²) < 4.78 is 7.59. The average molecular weight is 383 g/mol. The van der Waals surface area contributed by atoms with Gasteiger partial charge in [0, 0.05) is 38.9 Å². The number of ether oxygens (including phenoxy) is 1. The number of fused-ring (bicyclic) bond motifs is 1. The van der Waals surface area contributed by atoms with Crippen molar-refractivity contribution < 1.29 is 14.3 Å². The summed E-state index contributed by atoms with van der Waals surface area (Å²) in [5, 5.41) is 6.98. The van der Waals surface area contributed by atoms with E-state index in [1.807, 2.05) is 40.1 Å². The Kier molecular flexibility index (Phi) is 5.40. The largest absolute Gasteiger partial charge is 0.374 e. The Balaban J connectivity index is 1.41. The molecule has 0 spiro atoms. The number of hydrogen-bond acceptors (Lipinski definition) is 5. The van der Waals surface area contributed by atoms with Crippen LogP contribution in [0.4, 0.5) is 5.82 Å². The lowest BCUT2D eigenvalue weighted by Crippen LogP contribution is -2.45. The number of amides is 2. The van der Waals surface area contributed by atoms with Crippen molar-refractivity contribution in [2.24, 2.45) is 7.05 Å². The molecule has 2 aliphatic rings. The van der Waals surface area contributed by atoms with Crippen LogP contribution in [0.1, 0.15) is 12.0 Å². The maximum Gasteiger partial charge on any atom is 0.239 e. The molecule has 2 atom stereocenters. The van der Waals surface area contributed by atoms with Crippen LogP contribution in [0.25, 0.3) is 0 Å². The minimum Gasteiger partial charge on any atom is -0.374 e. The number of benzene rings is 1. The fourth-order valence-electron chi connectivity index (χ4n) is 3.90. The number of aromatic nitrogens is 2. The standard InChI is InChI=1S/C20H25N5O3/c1-23-9-7-18(22-23)21-19(26)14-24-12-16-17(13-24)28-10-8-20(27)25(16)11-15-5-3-2-4-6-15/h2-7,9,16-17H,8,10-14H2,1H3,(H,21,22,26)/t16-,17-/m0/s1. The molecule has 0 radical (unpaired) electrons. The van der Waals surface area contributed by atoms with Crippen molar-refractivity contribution in [1.29, 1.82) is 0 Å². The lowest BCUT2D eigenvalue weighted by Gasteiger charge is -2.29. The van der Waals surface area contributed by atoms with Gasteiger partial charge in [-0.3, -0.25) is 19.2 Å². The minimum atomic E-state index is -0.115. The van der Waals surface area contributed by atoms with Crippen LogP contribution in [-0.4, -0.2) is 69.8 Å². The lowest BCUT2D eigenvalue weighted by molar-refractivity contribution is -0.133. The van der Waals surface area contributed by atoms with Gasteiger partial charge in [-0.25, -0.2) is 0 Å². The topological polar surface area (TPSA) is 79.7 Å². The van der Waals surface area contributed by atoms with Crippen molar-refractivity contribution in [2.45, 2.75) is 25.1 Å². The van der Waals surface area contributed by atoms with E-state index in [2.05, 4.69) is 10.4 Å². The summed E-state index contributed by atoms with van der Waals surface area (Å²) in [6.07, 6.45) is 2.11. The highest BCUT2D eigenvalue weighted by atomic mass is 16.5. The van der Waals surface area contributed by atoms with Crippen LogP contribution in [0.5, 0.6) is 0 Å². The zero-order valence-corrected chi connectivity index (χ0v) is 16.0. The summed E-state index contributed by atoms with van der Waals surface area (Å²) in [7, 11) is 1.81. The molecule has 2 saturated heterocycles. The van der Waals surface area contributed by atoms with Crippen molar-refractivity contribution in [2.75, 3.05) is 31.6 Å². The molecule has 1 N–H and O–H groups in total. The predicted octanol–water partition coefficient (Wildman–Crippen LogP) is 0.860. The summed E-state index contributed by atoms with van der Waals surface area (Å²) in [6.45, 7) is 2.51. The number of rotatable bonds is 5. The highest BCUT2D eigenvalue weighted by Crippen LogP contribution is 2.25. The van der Waals surface area contributed by atoms with Gasteiger partial charge in [-0.1, -0.05) is 30.3 Å². The van der Waals surface area contributed by atoms with E-state index in [9.17, 15) is 9.59 Å². The first-order valence-corrected chi connectivity index (χ1v) is 9.55. The van der Waals surface area contributed by atoms with Gasteiger partial charge in [0.25, 0.3) is 0 Å². The van der Waals surface area contributed by atoms with Crippen molar-refractivity contribution in [3.05, 3.63) is 48.2 Å². The molecule has 4 rings (SSSR count). The quantitative estimate of drug-likeness (QED) is 0.829. The first-order chi connectivity index (χ1) is 13.6. The van der Waals surface area contributed by atoms with Crippen LogP contribution in [0.3, 0.4) is 0 Å². The summed E-state index contributed by atoms with van der Waals surface area (Å²) >= 11 is 0. The van der Waals surface area contributed by atoms with E-state index in [1.165, 1.54) is 0 Å². The third-order valence-electron chi connectivity index (χ3n) is 5.23. The number of carbonyl (C=O) groups excluding carboxylic acids is 2. The van der Waals surface area contributed by atoms with Gasteiger partial charge >= 0.3 is 0 Å². The molecular formula is C20H25N5O3. The molecule has 148 valence electrons. The highest BCUT2D eigenvalue weighted by molar-refractivity contribution is 5.91. The van der Waals surface area contributed by atoms with Gasteiger partial charge in [0.2, 0.25) is 11.8 Å². The van der Waals surface area contributed by atoms with Gasteiger partial charge in [0.15, 0.2) is 5.82 Å². The van der Waals surface area contributed by atoms with E-state index < -0.39 is 0 Å². The predicted molar refractivity (Wildman–Crippen MR) is 103 cm³/mol. The van der Waals surface area contributed by atoms with Gasteiger partial charge in [-0.05, 0) is 5.56 Å². The SMILES string of the molecule is Cn1ccc(NC(=O)CN2C[C@@H]3OCCC(=O)N(Cc4ccccc4)[C@H]3C2)n1. The molecular weight excluding hydrogens is 358 g/mol. The maximum atomic E-state index is 12.7. The second-order valence-electron chi connectivity index (χ2n) is 7.35. The lowest BCUT2D eigenvalue weighted by atomic mass is 10.1. The van der Waals surface area contributed by atoms with E-state index in [4.69, 9.17) is 4.74 Å². The van der Waals surface area contributed by atoms with Gasteiger partial charge < -0.3 is 15.0 Å². The van der Waals surface area contributed by atoms with E-state index in [1.54, 1.807) is 24.0 Å². The monoisotopic (exact) mass is 383 g/mol. The molecule has 1 aromatic carbocycles. The fraction of sp³-hybridized carbons (Fsp3) is 0.450. The Hall–Kier alpha value is -2.71. The fourth-order valence-corrected chi connectivity index (χ4v) is 3.90. The molecule has 1 aromatic heterocycles. The summed E-state index contributed by atoms with van der Waals surface area (Å²) in [5.74, 6) is 0.533. The van der Waals surface area contributed by atoms with Crippen LogP contribution < -0.4 is 5.32 Å². The minimum absolute atomic E-state index is 0.0437. The van der Waals surface area contributed by atoms with Gasteiger partial charge in [-0.2, -0.15) is 5.10 Å². The third-order valence-corrected chi connectivity index (χ3v) is 5.23. The van der Waals surface area contributed by atoms with Gasteiger partial charge in [0.1, 0.15) is 0 Å². The molecule has 2 fully saturated rings. The number of nitrogens with zero attached hydrogens (tertiary/aromatic N) is 4. The van der Waals surface area contributed by atoms with Crippen molar-refractivity contribution in [3.63, 3.8) is 0 Å². The second kappa shape index (κ2) is 8.12. The van der Waals surface area contributed by atoms with Crippen LogP contribution in [-0.2, 0) is 27.9 Å². The molecule has 2 amide bonds. The normalized spacial score (nSPS) is 22.8. The number of nitrogens with one attached hydrogen (secondary N) is 1. The van der Waals surface area contributed by atoms with Crippen LogP contribution >= 0.6 is 0 Å². The number of anilines is 1. The van der Waals surface area contributed by atoms with Gasteiger partial charge in [-0.15, -0.1) is 0 Å². The van der Waals surface area contributed by atoms with E-state index in [0.717, 1.165) is 5.56 Å². The maximum absolute atomic E-state index is 12.7. The van der Waals surface area contributed by atoms with E-state index >= 15 is 0 Å². The van der Waals surface area contributed by atoms with Crippen molar-refractivity contribution >= 4 is 17.6 Å². The number of aryl methyl sites for hydroxylation is 1. The molecule has 2 aliphatic heterocycles. The van der Waals surface area contributed by atoms with Crippen molar-refractivity contribution in [1.82, 2.24) is 19.6 Å². The summed E-state index contributed by atoms with van der Waals surface area (Å²) in [4.78, 5) is 29.0. The van der Waals surface area contributed by atoms with Gasteiger partial charge in [0.05, 0.1) is 31.7 Å². The Morgan fingerprint density at radius 3 is 2.82 bits per heavy atom. The molecule has 2 aromatic rings. The van der Waals surface area contributed by atoms with E-state index in [0.29, 0.717) is 38.5 Å². The van der Waals surface area contributed by atoms with Crippen LogP contribution in [0.15, 0.2) is 42.6 Å². The smallest absolute Gasteiger partial charge is 0.239 e. The number of carbonyl (C=O) groups is 2.